The van der Waals surface area contributed by atoms with E-state index in [0.717, 1.165) is 18.8 Å². The van der Waals surface area contributed by atoms with Crippen LogP contribution in [0.15, 0.2) is 24.4 Å². The van der Waals surface area contributed by atoms with Crippen molar-refractivity contribution < 1.29 is 4.74 Å². The van der Waals surface area contributed by atoms with Crippen molar-refractivity contribution in [1.29, 1.82) is 0 Å². The fourth-order valence-electron chi connectivity index (χ4n) is 3.03. The summed E-state index contributed by atoms with van der Waals surface area (Å²) in [4.78, 5) is 3.38. The number of hydrogen-bond donors (Lipinski definition) is 2. The zero-order valence-corrected chi connectivity index (χ0v) is 11.0. The van der Waals surface area contributed by atoms with Gasteiger partial charge in [-0.1, -0.05) is 6.92 Å². The van der Waals surface area contributed by atoms with Crippen molar-refractivity contribution in [3.8, 4) is 5.75 Å². The van der Waals surface area contributed by atoms with E-state index in [2.05, 4.69) is 35.6 Å². The van der Waals surface area contributed by atoms with E-state index in [-0.39, 0.29) is 0 Å². The molecule has 2 unspecified atom stereocenters. The molecule has 3 heteroatoms. The maximum absolute atomic E-state index is 5.33. The summed E-state index contributed by atoms with van der Waals surface area (Å²) in [5.74, 6) is 2.26. The van der Waals surface area contributed by atoms with Crippen LogP contribution in [-0.4, -0.2) is 25.2 Å². The SMILES string of the molecule is COc1ccc2[nH]cc(C3CCNCC3C)c2c1. The Bertz CT molecular complexity index is 546. The van der Waals surface area contributed by atoms with Crippen LogP contribution < -0.4 is 10.1 Å². The smallest absolute Gasteiger partial charge is 0.119 e. The summed E-state index contributed by atoms with van der Waals surface area (Å²) in [5, 5.41) is 4.78. The van der Waals surface area contributed by atoms with E-state index in [4.69, 9.17) is 4.74 Å². The molecule has 0 amide bonds. The third kappa shape index (κ3) is 1.89. The van der Waals surface area contributed by atoms with Gasteiger partial charge in [0.2, 0.25) is 0 Å². The zero-order valence-electron chi connectivity index (χ0n) is 11.0. The van der Waals surface area contributed by atoms with Crippen molar-refractivity contribution >= 4 is 10.9 Å². The van der Waals surface area contributed by atoms with E-state index in [9.17, 15) is 0 Å². The monoisotopic (exact) mass is 244 g/mol. The second kappa shape index (κ2) is 4.65. The second-order valence-corrected chi connectivity index (χ2v) is 5.23. The lowest BCUT2D eigenvalue weighted by molar-refractivity contribution is 0.351. The molecule has 3 nitrogen and oxygen atoms in total. The molecule has 1 fully saturated rings. The average molecular weight is 244 g/mol. The van der Waals surface area contributed by atoms with Crippen LogP contribution in [0, 0.1) is 5.92 Å². The Hall–Kier alpha value is -1.48. The third-order valence-corrected chi connectivity index (χ3v) is 4.11. The molecular weight excluding hydrogens is 224 g/mol. The molecule has 3 rings (SSSR count). The van der Waals surface area contributed by atoms with Crippen LogP contribution in [0.2, 0.25) is 0 Å². The van der Waals surface area contributed by atoms with Gasteiger partial charge in [0.15, 0.2) is 0 Å². The molecule has 1 aliphatic heterocycles. The number of aromatic amines is 1. The minimum Gasteiger partial charge on any atom is -0.497 e. The van der Waals surface area contributed by atoms with Gasteiger partial charge in [-0.25, -0.2) is 0 Å². The molecule has 2 heterocycles. The molecule has 96 valence electrons. The van der Waals surface area contributed by atoms with Crippen LogP contribution in [0.1, 0.15) is 24.8 Å². The minimum absolute atomic E-state index is 0.645. The summed E-state index contributed by atoms with van der Waals surface area (Å²) in [5.41, 5.74) is 2.65. The van der Waals surface area contributed by atoms with Crippen molar-refractivity contribution in [3.63, 3.8) is 0 Å². The maximum Gasteiger partial charge on any atom is 0.119 e. The van der Waals surface area contributed by atoms with Gasteiger partial charge in [0.25, 0.3) is 0 Å². The fourth-order valence-corrected chi connectivity index (χ4v) is 3.03. The number of benzene rings is 1. The van der Waals surface area contributed by atoms with Crippen LogP contribution in [0.5, 0.6) is 5.75 Å². The van der Waals surface area contributed by atoms with Gasteiger partial charge in [0, 0.05) is 17.1 Å². The molecule has 1 aliphatic rings. The lowest BCUT2D eigenvalue weighted by Crippen LogP contribution is -2.33. The summed E-state index contributed by atoms with van der Waals surface area (Å²) < 4.78 is 5.33. The summed E-state index contributed by atoms with van der Waals surface area (Å²) in [6.45, 7) is 4.56. The highest BCUT2D eigenvalue weighted by Crippen LogP contribution is 2.35. The molecule has 1 aromatic carbocycles. The van der Waals surface area contributed by atoms with E-state index in [1.165, 1.54) is 22.9 Å². The molecule has 2 atom stereocenters. The summed E-state index contributed by atoms with van der Waals surface area (Å²) in [6, 6.07) is 6.26. The van der Waals surface area contributed by atoms with Crippen LogP contribution in [0.25, 0.3) is 10.9 Å². The van der Waals surface area contributed by atoms with E-state index >= 15 is 0 Å². The van der Waals surface area contributed by atoms with Gasteiger partial charge in [0.05, 0.1) is 7.11 Å². The minimum atomic E-state index is 0.645. The molecular formula is C15H20N2O. The Kier molecular flexibility index (Phi) is 3.00. The molecule has 2 N–H and O–H groups in total. The van der Waals surface area contributed by atoms with Gasteiger partial charge in [-0.05, 0) is 55.1 Å². The van der Waals surface area contributed by atoms with E-state index < -0.39 is 0 Å². The first kappa shape index (κ1) is 11.6. The highest BCUT2D eigenvalue weighted by molar-refractivity contribution is 5.85. The van der Waals surface area contributed by atoms with Crippen LogP contribution in [0.3, 0.4) is 0 Å². The first-order chi connectivity index (χ1) is 8.79. The van der Waals surface area contributed by atoms with Gasteiger partial charge in [-0.3, -0.25) is 0 Å². The standard InChI is InChI=1S/C15H20N2O/c1-10-8-16-6-5-12(10)14-9-17-15-4-3-11(18-2)7-13(14)15/h3-4,7,9-10,12,16-17H,5-6,8H2,1-2H3. The predicted molar refractivity (Wildman–Crippen MR) is 74.2 cm³/mol. The highest BCUT2D eigenvalue weighted by atomic mass is 16.5. The number of piperidine rings is 1. The Labute approximate surface area is 108 Å². The predicted octanol–water partition coefficient (Wildman–Crippen LogP) is 2.89. The van der Waals surface area contributed by atoms with E-state index in [1.54, 1.807) is 7.11 Å². The van der Waals surface area contributed by atoms with Crippen molar-refractivity contribution in [1.82, 2.24) is 10.3 Å². The molecule has 1 saturated heterocycles. The zero-order chi connectivity index (χ0) is 12.5. The number of hydrogen-bond acceptors (Lipinski definition) is 2. The second-order valence-electron chi connectivity index (χ2n) is 5.23. The van der Waals surface area contributed by atoms with E-state index in [0.29, 0.717) is 11.8 Å². The van der Waals surface area contributed by atoms with Crippen molar-refractivity contribution in [2.24, 2.45) is 5.92 Å². The van der Waals surface area contributed by atoms with Gasteiger partial charge in [-0.2, -0.15) is 0 Å². The normalized spacial score (nSPS) is 24.3. The first-order valence-electron chi connectivity index (χ1n) is 6.65. The third-order valence-electron chi connectivity index (χ3n) is 4.11. The molecule has 18 heavy (non-hydrogen) atoms. The molecule has 0 spiro atoms. The molecule has 0 radical (unpaired) electrons. The quantitative estimate of drug-likeness (QED) is 0.852. The Balaban J connectivity index is 2.05. The van der Waals surface area contributed by atoms with Gasteiger partial charge < -0.3 is 15.0 Å². The number of ether oxygens (including phenoxy) is 1. The van der Waals surface area contributed by atoms with Gasteiger partial charge in [-0.15, -0.1) is 0 Å². The summed E-state index contributed by atoms with van der Waals surface area (Å²) in [7, 11) is 1.72. The molecule has 2 aromatic rings. The number of H-pyrrole nitrogens is 1. The Morgan fingerprint density at radius 3 is 3.00 bits per heavy atom. The van der Waals surface area contributed by atoms with E-state index in [1.807, 2.05) is 6.07 Å². The van der Waals surface area contributed by atoms with Crippen LogP contribution in [-0.2, 0) is 0 Å². The molecule has 1 aromatic heterocycles. The number of nitrogens with one attached hydrogen (secondary N) is 2. The van der Waals surface area contributed by atoms with Gasteiger partial charge in [0.1, 0.15) is 5.75 Å². The maximum atomic E-state index is 5.33. The fraction of sp³-hybridized carbons (Fsp3) is 0.467. The number of rotatable bonds is 2. The first-order valence-corrected chi connectivity index (χ1v) is 6.65. The summed E-state index contributed by atoms with van der Waals surface area (Å²) >= 11 is 0. The highest BCUT2D eigenvalue weighted by Gasteiger charge is 2.24. The molecule has 0 saturated carbocycles. The Morgan fingerprint density at radius 2 is 2.22 bits per heavy atom. The lowest BCUT2D eigenvalue weighted by atomic mass is 9.82. The number of fused-ring (bicyclic) bond motifs is 1. The number of methoxy groups -OCH3 is 1. The topological polar surface area (TPSA) is 37.0 Å². The molecule has 0 bridgehead atoms. The van der Waals surface area contributed by atoms with Crippen LogP contribution >= 0.6 is 0 Å². The average Bonchev–Trinajstić information content (AvgIpc) is 2.82. The largest absolute Gasteiger partial charge is 0.497 e. The summed E-state index contributed by atoms with van der Waals surface area (Å²) in [6.07, 6.45) is 3.39. The lowest BCUT2D eigenvalue weighted by Gasteiger charge is -2.29. The van der Waals surface area contributed by atoms with Crippen molar-refractivity contribution in [2.45, 2.75) is 19.3 Å². The van der Waals surface area contributed by atoms with Crippen LogP contribution in [0.4, 0.5) is 0 Å². The van der Waals surface area contributed by atoms with Gasteiger partial charge >= 0.3 is 0 Å². The van der Waals surface area contributed by atoms with Crippen molar-refractivity contribution in [3.05, 3.63) is 30.0 Å². The Morgan fingerprint density at radius 1 is 1.33 bits per heavy atom. The van der Waals surface area contributed by atoms with Crippen molar-refractivity contribution in [2.75, 3.05) is 20.2 Å². The number of aromatic nitrogens is 1. The molecule has 0 aliphatic carbocycles.